The minimum absolute atomic E-state index is 0.0301. The zero-order valence-electron chi connectivity index (χ0n) is 8.09. The SMILES string of the molecule is Nc1cc(F)cc(-c2ncccn2)c1N=O. The number of halogens is 1. The van der Waals surface area contributed by atoms with Crippen molar-refractivity contribution in [1.82, 2.24) is 9.97 Å². The second-order valence-electron chi connectivity index (χ2n) is 3.05. The standard InChI is InChI=1S/C10H7FN4O/c11-6-4-7(9(15-16)8(12)5-6)10-13-2-1-3-14-10/h1-5H,12H2. The van der Waals surface area contributed by atoms with E-state index in [1.54, 1.807) is 6.07 Å². The maximum Gasteiger partial charge on any atom is 0.161 e. The van der Waals surface area contributed by atoms with Crippen molar-refractivity contribution in [3.8, 4) is 11.4 Å². The molecule has 2 N–H and O–H groups in total. The van der Waals surface area contributed by atoms with Gasteiger partial charge in [0.05, 0.1) is 11.3 Å². The Bertz CT molecular complexity index is 530. The van der Waals surface area contributed by atoms with E-state index < -0.39 is 5.82 Å². The minimum Gasteiger partial charge on any atom is -0.397 e. The highest BCUT2D eigenvalue weighted by Gasteiger charge is 2.13. The molecule has 0 aliphatic rings. The van der Waals surface area contributed by atoms with E-state index in [4.69, 9.17) is 5.73 Å². The van der Waals surface area contributed by atoms with E-state index in [0.717, 1.165) is 12.1 Å². The molecule has 0 aliphatic carbocycles. The highest BCUT2D eigenvalue weighted by Crippen LogP contribution is 2.33. The highest BCUT2D eigenvalue weighted by molar-refractivity contribution is 5.80. The van der Waals surface area contributed by atoms with Crippen molar-refractivity contribution in [2.24, 2.45) is 5.18 Å². The molecular formula is C10H7FN4O. The summed E-state index contributed by atoms with van der Waals surface area (Å²) < 4.78 is 13.2. The normalized spacial score (nSPS) is 10.1. The van der Waals surface area contributed by atoms with Crippen LogP contribution in [-0.2, 0) is 0 Å². The Labute approximate surface area is 90.1 Å². The smallest absolute Gasteiger partial charge is 0.161 e. The summed E-state index contributed by atoms with van der Waals surface area (Å²) in [6, 6.07) is 3.77. The van der Waals surface area contributed by atoms with Crippen LogP contribution in [0.25, 0.3) is 11.4 Å². The maximum atomic E-state index is 13.2. The lowest BCUT2D eigenvalue weighted by Crippen LogP contribution is -1.93. The Hall–Kier alpha value is -2.37. The Kier molecular flexibility index (Phi) is 2.55. The molecule has 0 bridgehead atoms. The molecule has 0 atom stereocenters. The Balaban J connectivity index is 2.69. The van der Waals surface area contributed by atoms with Crippen molar-refractivity contribution in [2.75, 3.05) is 5.73 Å². The number of nitrogens with two attached hydrogens (primary N) is 1. The average molecular weight is 218 g/mol. The van der Waals surface area contributed by atoms with Crippen molar-refractivity contribution in [3.63, 3.8) is 0 Å². The van der Waals surface area contributed by atoms with Gasteiger partial charge < -0.3 is 5.73 Å². The van der Waals surface area contributed by atoms with E-state index in [-0.39, 0.29) is 22.8 Å². The van der Waals surface area contributed by atoms with Gasteiger partial charge in [-0.15, -0.1) is 4.91 Å². The molecule has 0 saturated carbocycles. The zero-order chi connectivity index (χ0) is 11.5. The summed E-state index contributed by atoms with van der Waals surface area (Å²) in [6.07, 6.45) is 2.97. The second kappa shape index (κ2) is 4.01. The van der Waals surface area contributed by atoms with Crippen molar-refractivity contribution < 1.29 is 4.39 Å². The quantitative estimate of drug-likeness (QED) is 0.619. The number of nitroso groups, excluding NO2 is 1. The molecule has 1 aromatic heterocycles. The number of aromatic nitrogens is 2. The van der Waals surface area contributed by atoms with E-state index in [9.17, 15) is 9.30 Å². The van der Waals surface area contributed by atoms with Crippen LogP contribution in [0.1, 0.15) is 0 Å². The van der Waals surface area contributed by atoms with Gasteiger partial charge in [-0.2, -0.15) is 0 Å². The van der Waals surface area contributed by atoms with Gasteiger partial charge >= 0.3 is 0 Å². The Morgan fingerprint density at radius 3 is 2.56 bits per heavy atom. The molecule has 0 amide bonds. The number of anilines is 1. The third-order valence-electron chi connectivity index (χ3n) is 2.00. The molecule has 80 valence electrons. The van der Waals surface area contributed by atoms with Crippen LogP contribution in [0.3, 0.4) is 0 Å². The first-order chi connectivity index (χ1) is 7.72. The number of hydrogen-bond donors (Lipinski definition) is 1. The lowest BCUT2D eigenvalue weighted by molar-refractivity contribution is 0.629. The van der Waals surface area contributed by atoms with E-state index in [1.807, 2.05) is 0 Å². The van der Waals surface area contributed by atoms with Crippen LogP contribution in [0, 0.1) is 10.7 Å². The third-order valence-corrected chi connectivity index (χ3v) is 2.00. The van der Waals surface area contributed by atoms with Crippen LogP contribution in [0.4, 0.5) is 15.8 Å². The third kappa shape index (κ3) is 1.72. The molecule has 1 aromatic carbocycles. The molecule has 6 heteroatoms. The first kappa shape index (κ1) is 10.2. The predicted octanol–water partition coefficient (Wildman–Crippen LogP) is 2.26. The van der Waals surface area contributed by atoms with Gasteiger partial charge in [0, 0.05) is 12.4 Å². The first-order valence-electron chi connectivity index (χ1n) is 4.42. The van der Waals surface area contributed by atoms with Crippen molar-refractivity contribution in [3.05, 3.63) is 41.3 Å². The van der Waals surface area contributed by atoms with E-state index in [1.165, 1.54) is 12.4 Å². The summed E-state index contributed by atoms with van der Waals surface area (Å²) in [7, 11) is 0. The monoisotopic (exact) mass is 218 g/mol. The maximum absolute atomic E-state index is 13.2. The van der Waals surface area contributed by atoms with E-state index in [2.05, 4.69) is 15.1 Å². The number of hydrogen-bond acceptors (Lipinski definition) is 5. The van der Waals surface area contributed by atoms with Gasteiger partial charge in [-0.05, 0) is 23.4 Å². The Morgan fingerprint density at radius 1 is 1.25 bits per heavy atom. The topological polar surface area (TPSA) is 81.2 Å². The van der Waals surface area contributed by atoms with Crippen molar-refractivity contribution in [2.45, 2.75) is 0 Å². The fraction of sp³-hybridized carbons (Fsp3) is 0. The van der Waals surface area contributed by atoms with Crippen LogP contribution in [0.2, 0.25) is 0 Å². The summed E-state index contributed by atoms with van der Waals surface area (Å²) in [5, 5.41) is 2.77. The lowest BCUT2D eigenvalue weighted by atomic mass is 10.1. The molecule has 2 rings (SSSR count). The number of rotatable bonds is 2. The van der Waals surface area contributed by atoms with Crippen molar-refractivity contribution >= 4 is 11.4 Å². The molecule has 0 spiro atoms. The van der Waals surface area contributed by atoms with Gasteiger partial charge in [0.2, 0.25) is 0 Å². The summed E-state index contributed by atoms with van der Waals surface area (Å²) in [6.45, 7) is 0. The molecule has 0 aliphatic heterocycles. The summed E-state index contributed by atoms with van der Waals surface area (Å²) >= 11 is 0. The van der Waals surface area contributed by atoms with Crippen LogP contribution >= 0.6 is 0 Å². The molecule has 0 radical (unpaired) electrons. The highest BCUT2D eigenvalue weighted by atomic mass is 19.1. The van der Waals surface area contributed by atoms with Gasteiger partial charge in [0.1, 0.15) is 11.5 Å². The summed E-state index contributed by atoms with van der Waals surface area (Å²) in [4.78, 5) is 18.4. The zero-order valence-corrected chi connectivity index (χ0v) is 8.09. The van der Waals surface area contributed by atoms with Gasteiger partial charge in [-0.3, -0.25) is 0 Å². The molecule has 0 fully saturated rings. The molecular weight excluding hydrogens is 211 g/mol. The van der Waals surface area contributed by atoms with Crippen LogP contribution < -0.4 is 5.73 Å². The van der Waals surface area contributed by atoms with E-state index >= 15 is 0 Å². The average Bonchev–Trinajstić information content (AvgIpc) is 2.29. The second-order valence-corrected chi connectivity index (χ2v) is 3.05. The van der Waals surface area contributed by atoms with Crippen molar-refractivity contribution in [1.29, 1.82) is 0 Å². The van der Waals surface area contributed by atoms with Gasteiger partial charge in [0.25, 0.3) is 0 Å². The minimum atomic E-state index is -0.563. The summed E-state index contributed by atoms with van der Waals surface area (Å²) in [5.74, 6) is -0.351. The largest absolute Gasteiger partial charge is 0.397 e. The number of nitrogen functional groups attached to an aromatic ring is 1. The first-order valence-corrected chi connectivity index (χ1v) is 4.42. The lowest BCUT2D eigenvalue weighted by Gasteiger charge is -2.04. The van der Waals surface area contributed by atoms with Crippen LogP contribution in [0.15, 0.2) is 35.8 Å². The molecule has 5 nitrogen and oxygen atoms in total. The molecule has 2 aromatic rings. The summed E-state index contributed by atoms with van der Waals surface area (Å²) in [5.41, 5.74) is 5.59. The Morgan fingerprint density at radius 2 is 1.94 bits per heavy atom. The molecule has 0 saturated heterocycles. The van der Waals surface area contributed by atoms with Gasteiger partial charge in [0.15, 0.2) is 5.82 Å². The van der Waals surface area contributed by atoms with E-state index in [0.29, 0.717) is 0 Å². The van der Waals surface area contributed by atoms with Gasteiger partial charge in [-0.1, -0.05) is 0 Å². The molecule has 1 heterocycles. The number of nitrogens with zero attached hydrogens (tertiary/aromatic N) is 3. The van der Waals surface area contributed by atoms with Crippen LogP contribution in [-0.4, -0.2) is 9.97 Å². The fourth-order valence-corrected chi connectivity index (χ4v) is 1.33. The number of benzene rings is 1. The molecule has 0 unspecified atom stereocenters. The van der Waals surface area contributed by atoms with Crippen LogP contribution in [0.5, 0.6) is 0 Å². The predicted molar refractivity (Wildman–Crippen MR) is 57.3 cm³/mol. The fourth-order valence-electron chi connectivity index (χ4n) is 1.33. The van der Waals surface area contributed by atoms with Gasteiger partial charge in [-0.25, -0.2) is 14.4 Å². The molecule has 16 heavy (non-hydrogen) atoms.